The van der Waals surface area contributed by atoms with Crippen molar-refractivity contribution >= 4 is 18.1 Å². The third kappa shape index (κ3) is 2.32. The maximum absolute atomic E-state index is 9.24. The van der Waals surface area contributed by atoms with Crippen LogP contribution in [0, 0.1) is 0 Å². The van der Waals surface area contributed by atoms with Crippen molar-refractivity contribution in [1.82, 2.24) is 4.98 Å². The Morgan fingerprint density at radius 1 is 1.12 bits per heavy atom. The Morgan fingerprint density at radius 3 is 2.44 bits per heavy atom. The third-order valence-corrected chi connectivity index (χ3v) is 2.30. The van der Waals surface area contributed by atoms with E-state index in [1.165, 1.54) is 0 Å². The van der Waals surface area contributed by atoms with Gasteiger partial charge in [0.2, 0.25) is 0 Å². The van der Waals surface area contributed by atoms with Crippen LogP contribution in [0.3, 0.4) is 0 Å². The fourth-order valence-corrected chi connectivity index (χ4v) is 1.52. The van der Waals surface area contributed by atoms with Gasteiger partial charge in [-0.15, -0.1) is 12.4 Å². The number of hydrogen-bond donors (Lipinski definition) is 2. The lowest BCUT2D eigenvalue weighted by atomic mass is 10.1. The molecule has 0 saturated carbocycles. The molecule has 84 valence electrons. The van der Waals surface area contributed by atoms with Crippen molar-refractivity contribution in [3.05, 3.63) is 48.2 Å². The van der Waals surface area contributed by atoms with E-state index in [9.17, 15) is 5.11 Å². The minimum atomic E-state index is -0.0934. The van der Waals surface area contributed by atoms with E-state index in [2.05, 4.69) is 4.98 Å². The molecule has 0 atom stereocenters. The van der Waals surface area contributed by atoms with Crippen LogP contribution in [0.2, 0.25) is 0 Å². The zero-order valence-electron chi connectivity index (χ0n) is 8.63. The van der Waals surface area contributed by atoms with E-state index in [-0.39, 0.29) is 19.0 Å². The molecule has 0 saturated heterocycles. The number of anilines is 1. The molecule has 2 aromatic rings. The molecule has 0 aliphatic rings. The molecule has 1 aromatic heterocycles. The SMILES string of the molecule is Cl.Nc1ccnc(-c2ccccc2)c1CO. The Hall–Kier alpha value is -1.58. The molecule has 0 aliphatic carbocycles. The van der Waals surface area contributed by atoms with Crippen molar-refractivity contribution in [3.63, 3.8) is 0 Å². The summed E-state index contributed by atoms with van der Waals surface area (Å²) >= 11 is 0. The fraction of sp³-hybridized carbons (Fsp3) is 0.0833. The van der Waals surface area contributed by atoms with E-state index in [4.69, 9.17) is 5.73 Å². The monoisotopic (exact) mass is 236 g/mol. The summed E-state index contributed by atoms with van der Waals surface area (Å²) in [6, 6.07) is 11.4. The second-order valence-corrected chi connectivity index (χ2v) is 3.25. The maximum Gasteiger partial charge on any atom is 0.0777 e. The Bertz CT molecular complexity index is 460. The molecule has 2 rings (SSSR count). The van der Waals surface area contributed by atoms with Crippen LogP contribution in [0.25, 0.3) is 11.3 Å². The van der Waals surface area contributed by atoms with Gasteiger partial charge in [-0.05, 0) is 6.07 Å². The number of nitrogen functional groups attached to an aromatic ring is 1. The summed E-state index contributed by atoms with van der Waals surface area (Å²) in [4.78, 5) is 4.24. The number of hydrogen-bond acceptors (Lipinski definition) is 3. The van der Waals surface area contributed by atoms with Crippen molar-refractivity contribution < 1.29 is 5.11 Å². The molecule has 0 bridgehead atoms. The zero-order chi connectivity index (χ0) is 10.7. The van der Waals surface area contributed by atoms with Gasteiger partial charge in [0.15, 0.2) is 0 Å². The van der Waals surface area contributed by atoms with Gasteiger partial charge < -0.3 is 10.8 Å². The highest BCUT2D eigenvalue weighted by atomic mass is 35.5. The number of aliphatic hydroxyl groups excluding tert-OH is 1. The molecule has 0 amide bonds. The summed E-state index contributed by atoms with van der Waals surface area (Å²) in [5.41, 5.74) is 8.74. The first-order valence-corrected chi connectivity index (χ1v) is 4.72. The number of aromatic nitrogens is 1. The van der Waals surface area contributed by atoms with Crippen LogP contribution in [-0.4, -0.2) is 10.1 Å². The Kier molecular flexibility index (Phi) is 4.28. The minimum Gasteiger partial charge on any atom is -0.398 e. The minimum absolute atomic E-state index is 0. The number of nitrogens with zero attached hydrogens (tertiary/aromatic N) is 1. The molecular formula is C12H13ClN2O. The lowest BCUT2D eigenvalue weighted by molar-refractivity contribution is 0.282. The van der Waals surface area contributed by atoms with Crippen LogP contribution in [0.15, 0.2) is 42.6 Å². The number of rotatable bonds is 2. The molecule has 0 aliphatic heterocycles. The van der Waals surface area contributed by atoms with E-state index in [1.54, 1.807) is 12.3 Å². The summed E-state index contributed by atoms with van der Waals surface area (Å²) < 4.78 is 0. The summed E-state index contributed by atoms with van der Waals surface area (Å²) in [6.45, 7) is -0.0934. The van der Waals surface area contributed by atoms with Gasteiger partial charge in [0, 0.05) is 23.0 Å². The van der Waals surface area contributed by atoms with E-state index in [0.29, 0.717) is 11.3 Å². The maximum atomic E-state index is 9.24. The summed E-state index contributed by atoms with van der Waals surface area (Å²) in [5.74, 6) is 0. The van der Waals surface area contributed by atoms with Crippen molar-refractivity contribution in [2.24, 2.45) is 0 Å². The topological polar surface area (TPSA) is 59.1 Å². The molecule has 1 aromatic carbocycles. The van der Waals surface area contributed by atoms with Gasteiger partial charge >= 0.3 is 0 Å². The van der Waals surface area contributed by atoms with Crippen LogP contribution in [-0.2, 0) is 6.61 Å². The van der Waals surface area contributed by atoms with E-state index in [0.717, 1.165) is 11.3 Å². The average molecular weight is 237 g/mol. The molecule has 16 heavy (non-hydrogen) atoms. The molecule has 3 N–H and O–H groups in total. The Balaban J connectivity index is 0.00000128. The van der Waals surface area contributed by atoms with Gasteiger partial charge in [-0.3, -0.25) is 4.98 Å². The van der Waals surface area contributed by atoms with Gasteiger partial charge in [-0.1, -0.05) is 30.3 Å². The molecule has 1 heterocycles. The van der Waals surface area contributed by atoms with E-state index < -0.39 is 0 Å². The molecule has 0 unspecified atom stereocenters. The molecule has 0 fully saturated rings. The standard InChI is InChI=1S/C12H12N2O.ClH/c13-11-6-7-14-12(10(11)8-15)9-4-2-1-3-5-9;/h1-7,15H,8H2,(H2,13,14);1H. The lowest BCUT2D eigenvalue weighted by Crippen LogP contribution is -1.99. The summed E-state index contributed by atoms with van der Waals surface area (Å²) in [7, 11) is 0. The molecule has 4 heteroatoms. The normalized spacial score (nSPS) is 9.56. The Morgan fingerprint density at radius 2 is 1.81 bits per heavy atom. The average Bonchev–Trinajstić information content (AvgIpc) is 2.30. The van der Waals surface area contributed by atoms with Crippen LogP contribution < -0.4 is 5.73 Å². The third-order valence-electron chi connectivity index (χ3n) is 2.30. The predicted molar refractivity (Wildman–Crippen MR) is 67.3 cm³/mol. The van der Waals surface area contributed by atoms with Crippen LogP contribution in [0.1, 0.15) is 5.56 Å². The number of benzene rings is 1. The highest BCUT2D eigenvalue weighted by Gasteiger charge is 2.07. The highest BCUT2D eigenvalue weighted by molar-refractivity contribution is 5.85. The van der Waals surface area contributed by atoms with Crippen LogP contribution >= 0.6 is 12.4 Å². The summed E-state index contributed by atoms with van der Waals surface area (Å²) in [6.07, 6.45) is 1.65. The summed E-state index contributed by atoms with van der Waals surface area (Å²) in [5, 5.41) is 9.24. The first kappa shape index (κ1) is 12.5. The molecule has 0 radical (unpaired) electrons. The first-order chi connectivity index (χ1) is 7.33. The van der Waals surface area contributed by atoms with Crippen LogP contribution in [0.5, 0.6) is 0 Å². The molecular weight excluding hydrogens is 224 g/mol. The zero-order valence-corrected chi connectivity index (χ0v) is 9.45. The number of pyridine rings is 1. The molecule has 0 spiro atoms. The van der Waals surface area contributed by atoms with Gasteiger partial charge in [0.25, 0.3) is 0 Å². The quantitative estimate of drug-likeness (QED) is 0.841. The van der Waals surface area contributed by atoms with Crippen LogP contribution in [0.4, 0.5) is 5.69 Å². The predicted octanol–water partition coefficient (Wildman–Crippen LogP) is 2.24. The van der Waals surface area contributed by atoms with Gasteiger partial charge in [-0.2, -0.15) is 0 Å². The van der Waals surface area contributed by atoms with Crippen molar-refractivity contribution in [2.75, 3.05) is 5.73 Å². The number of aliphatic hydroxyl groups is 1. The first-order valence-electron chi connectivity index (χ1n) is 4.72. The van der Waals surface area contributed by atoms with Crippen molar-refractivity contribution in [1.29, 1.82) is 0 Å². The fourth-order valence-electron chi connectivity index (χ4n) is 1.52. The van der Waals surface area contributed by atoms with Gasteiger partial charge in [-0.25, -0.2) is 0 Å². The van der Waals surface area contributed by atoms with Gasteiger partial charge in [0.1, 0.15) is 0 Å². The van der Waals surface area contributed by atoms with Gasteiger partial charge in [0.05, 0.1) is 12.3 Å². The Labute approximate surface area is 100 Å². The van der Waals surface area contributed by atoms with Crippen molar-refractivity contribution in [2.45, 2.75) is 6.61 Å². The number of halogens is 1. The van der Waals surface area contributed by atoms with Crippen molar-refractivity contribution in [3.8, 4) is 11.3 Å². The largest absolute Gasteiger partial charge is 0.398 e. The number of nitrogens with two attached hydrogens (primary N) is 1. The second kappa shape index (κ2) is 5.49. The highest BCUT2D eigenvalue weighted by Crippen LogP contribution is 2.24. The smallest absolute Gasteiger partial charge is 0.0777 e. The lowest BCUT2D eigenvalue weighted by Gasteiger charge is -2.08. The van der Waals surface area contributed by atoms with E-state index >= 15 is 0 Å². The molecule has 3 nitrogen and oxygen atoms in total. The second-order valence-electron chi connectivity index (χ2n) is 3.25. The van der Waals surface area contributed by atoms with E-state index in [1.807, 2.05) is 30.3 Å².